The van der Waals surface area contributed by atoms with E-state index in [9.17, 15) is 0 Å². The van der Waals surface area contributed by atoms with Crippen LogP contribution in [0.15, 0.2) is 4.99 Å². The Balaban J connectivity index is 2.28. The molecule has 0 aliphatic carbocycles. The number of guanidine groups is 1. The number of hydrogen-bond donors (Lipinski definition) is 2. The van der Waals surface area contributed by atoms with Crippen molar-refractivity contribution in [1.29, 1.82) is 0 Å². The van der Waals surface area contributed by atoms with E-state index in [-0.39, 0.29) is 5.54 Å². The highest BCUT2D eigenvalue weighted by molar-refractivity contribution is 5.79. The summed E-state index contributed by atoms with van der Waals surface area (Å²) < 4.78 is 5.10. The third-order valence-corrected chi connectivity index (χ3v) is 5.10. The maximum atomic E-state index is 5.10. The molecule has 6 nitrogen and oxygen atoms in total. The molecule has 0 aromatic rings. The predicted octanol–water partition coefficient (Wildman–Crippen LogP) is 1.63. The average molecular weight is 356 g/mol. The van der Waals surface area contributed by atoms with Gasteiger partial charge >= 0.3 is 0 Å². The first kappa shape index (κ1) is 22.2. The molecule has 0 spiro atoms. The molecule has 0 bridgehead atoms. The van der Waals surface area contributed by atoms with Gasteiger partial charge in [0.25, 0.3) is 0 Å². The van der Waals surface area contributed by atoms with Crippen molar-refractivity contribution in [2.75, 3.05) is 67.1 Å². The molecular weight excluding hydrogens is 314 g/mol. The number of aliphatic imine (C=N–C) groups is 1. The molecule has 0 aromatic heterocycles. The summed E-state index contributed by atoms with van der Waals surface area (Å²) in [5, 5.41) is 6.93. The summed E-state index contributed by atoms with van der Waals surface area (Å²) in [6.45, 7) is 14.1. The Bertz CT molecular complexity index is 386. The van der Waals surface area contributed by atoms with Gasteiger partial charge in [-0.3, -0.25) is 9.89 Å². The van der Waals surface area contributed by atoms with Crippen molar-refractivity contribution < 1.29 is 4.74 Å². The highest BCUT2D eigenvalue weighted by Gasteiger charge is 2.30. The Morgan fingerprint density at radius 1 is 1.32 bits per heavy atom. The van der Waals surface area contributed by atoms with Crippen molar-refractivity contribution >= 4 is 5.96 Å². The molecule has 148 valence electrons. The molecule has 1 unspecified atom stereocenters. The zero-order valence-electron chi connectivity index (χ0n) is 17.4. The summed E-state index contributed by atoms with van der Waals surface area (Å²) in [4.78, 5) is 9.29. The normalized spacial score (nSPS) is 20.1. The van der Waals surface area contributed by atoms with E-state index in [2.05, 4.69) is 53.2 Å². The standard InChI is InChI=1S/C19H41N5O/c1-17-9-7-12-24(15-17)19(2,3)16-22-18(20-4)21-10-13-23(5)11-8-14-25-6/h17H,7-16H2,1-6H3,(H2,20,21,22). The van der Waals surface area contributed by atoms with E-state index in [0.717, 1.165) is 51.1 Å². The SMILES string of the molecule is CN=C(NCCN(C)CCCOC)NCC(C)(C)N1CCCC(C)C1. The second-order valence-corrected chi connectivity index (χ2v) is 8.01. The van der Waals surface area contributed by atoms with Gasteiger partial charge in [0.2, 0.25) is 0 Å². The molecule has 25 heavy (non-hydrogen) atoms. The maximum Gasteiger partial charge on any atom is 0.191 e. The van der Waals surface area contributed by atoms with Gasteiger partial charge in [0.05, 0.1) is 0 Å². The van der Waals surface area contributed by atoms with Crippen LogP contribution in [0.25, 0.3) is 0 Å². The number of ether oxygens (including phenoxy) is 1. The predicted molar refractivity (Wildman–Crippen MR) is 107 cm³/mol. The first-order valence-electron chi connectivity index (χ1n) is 9.76. The molecule has 1 rings (SSSR count). The summed E-state index contributed by atoms with van der Waals surface area (Å²) in [6, 6.07) is 0. The van der Waals surface area contributed by atoms with E-state index < -0.39 is 0 Å². The Morgan fingerprint density at radius 3 is 2.72 bits per heavy atom. The lowest BCUT2D eigenvalue weighted by Crippen LogP contribution is -2.56. The highest BCUT2D eigenvalue weighted by atomic mass is 16.5. The molecule has 1 aliphatic rings. The van der Waals surface area contributed by atoms with Gasteiger partial charge in [-0.05, 0) is 52.6 Å². The van der Waals surface area contributed by atoms with Crippen molar-refractivity contribution in [2.24, 2.45) is 10.9 Å². The molecule has 0 amide bonds. The van der Waals surface area contributed by atoms with Crippen LogP contribution in [0.1, 0.15) is 40.0 Å². The van der Waals surface area contributed by atoms with Crippen molar-refractivity contribution in [3.05, 3.63) is 0 Å². The fraction of sp³-hybridized carbons (Fsp3) is 0.947. The zero-order chi connectivity index (χ0) is 18.7. The fourth-order valence-electron chi connectivity index (χ4n) is 3.33. The molecule has 1 atom stereocenters. The topological polar surface area (TPSA) is 52.1 Å². The minimum absolute atomic E-state index is 0.142. The number of rotatable bonds is 10. The lowest BCUT2D eigenvalue weighted by molar-refractivity contribution is 0.0739. The van der Waals surface area contributed by atoms with Gasteiger partial charge in [-0.2, -0.15) is 0 Å². The Kier molecular flexibility index (Phi) is 10.4. The molecular formula is C19H41N5O. The number of hydrogen-bond acceptors (Lipinski definition) is 4. The molecule has 0 aromatic carbocycles. The van der Waals surface area contributed by atoms with Gasteiger partial charge in [-0.1, -0.05) is 6.92 Å². The van der Waals surface area contributed by atoms with E-state index in [0.29, 0.717) is 0 Å². The number of likely N-dealkylation sites (N-methyl/N-ethyl adjacent to an activating group) is 1. The minimum atomic E-state index is 0.142. The summed E-state index contributed by atoms with van der Waals surface area (Å²) >= 11 is 0. The van der Waals surface area contributed by atoms with Crippen LogP contribution < -0.4 is 10.6 Å². The van der Waals surface area contributed by atoms with Crippen LogP contribution in [0.5, 0.6) is 0 Å². The average Bonchev–Trinajstić information content (AvgIpc) is 2.58. The molecule has 1 heterocycles. The molecule has 2 N–H and O–H groups in total. The summed E-state index contributed by atoms with van der Waals surface area (Å²) in [6.07, 6.45) is 3.75. The summed E-state index contributed by atoms with van der Waals surface area (Å²) in [5.41, 5.74) is 0.142. The van der Waals surface area contributed by atoms with E-state index in [1.165, 1.54) is 25.9 Å². The van der Waals surface area contributed by atoms with Crippen molar-refractivity contribution in [3.8, 4) is 0 Å². The van der Waals surface area contributed by atoms with Crippen LogP contribution in [-0.4, -0.2) is 88.4 Å². The molecule has 1 aliphatic heterocycles. The van der Waals surface area contributed by atoms with Crippen LogP contribution in [0, 0.1) is 5.92 Å². The Hall–Kier alpha value is -0.850. The minimum Gasteiger partial charge on any atom is -0.385 e. The van der Waals surface area contributed by atoms with Gasteiger partial charge in [0.15, 0.2) is 5.96 Å². The van der Waals surface area contributed by atoms with E-state index in [4.69, 9.17) is 4.74 Å². The maximum absolute atomic E-state index is 5.10. The smallest absolute Gasteiger partial charge is 0.191 e. The Labute approximate surface area is 155 Å². The monoisotopic (exact) mass is 355 g/mol. The van der Waals surface area contributed by atoms with Crippen LogP contribution in [0.3, 0.4) is 0 Å². The van der Waals surface area contributed by atoms with Crippen LogP contribution >= 0.6 is 0 Å². The second-order valence-electron chi connectivity index (χ2n) is 8.01. The third kappa shape index (κ3) is 8.88. The van der Waals surface area contributed by atoms with Gasteiger partial charge in [-0.15, -0.1) is 0 Å². The number of likely N-dealkylation sites (tertiary alicyclic amines) is 1. The Morgan fingerprint density at radius 2 is 2.08 bits per heavy atom. The van der Waals surface area contributed by atoms with E-state index >= 15 is 0 Å². The molecule has 0 radical (unpaired) electrons. The van der Waals surface area contributed by atoms with Gasteiger partial charge in [0, 0.05) is 59.0 Å². The number of methoxy groups -OCH3 is 1. The lowest BCUT2D eigenvalue weighted by atomic mass is 9.93. The number of nitrogens with one attached hydrogen (secondary N) is 2. The first-order chi connectivity index (χ1) is 11.9. The molecule has 6 heteroatoms. The fourth-order valence-corrected chi connectivity index (χ4v) is 3.33. The molecule has 1 fully saturated rings. The molecule has 1 saturated heterocycles. The van der Waals surface area contributed by atoms with Gasteiger partial charge in [-0.25, -0.2) is 0 Å². The summed E-state index contributed by atoms with van der Waals surface area (Å²) in [5.74, 6) is 1.70. The van der Waals surface area contributed by atoms with E-state index in [1.54, 1.807) is 7.11 Å². The van der Waals surface area contributed by atoms with Crippen molar-refractivity contribution in [2.45, 2.75) is 45.6 Å². The number of nitrogens with zero attached hydrogens (tertiary/aromatic N) is 3. The first-order valence-corrected chi connectivity index (χ1v) is 9.76. The van der Waals surface area contributed by atoms with Crippen molar-refractivity contribution in [3.63, 3.8) is 0 Å². The van der Waals surface area contributed by atoms with Crippen molar-refractivity contribution in [1.82, 2.24) is 20.4 Å². The highest BCUT2D eigenvalue weighted by Crippen LogP contribution is 2.23. The largest absolute Gasteiger partial charge is 0.385 e. The third-order valence-electron chi connectivity index (χ3n) is 5.10. The van der Waals surface area contributed by atoms with Crippen LogP contribution in [0.4, 0.5) is 0 Å². The number of piperidine rings is 1. The van der Waals surface area contributed by atoms with Gasteiger partial charge in [0.1, 0.15) is 0 Å². The quantitative estimate of drug-likeness (QED) is 0.354. The van der Waals surface area contributed by atoms with E-state index in [1.807, 2.05) is 7.05 Å². The molecule has 0 saturated carbocycles. The van der Waals surface area contributed by atoms with Crippen LogP contribution in [-0.2, 0) is 4.74 Å². The van der Waals surface area contributed by atoms with Crippen LogP contribution in [0.2, 0.25) is 0 Å². The second kappa shape index (κ2) is 11.7. The zero-order valence-corrected chi connectivity index (χ0v) is 17.4. The van der Waals surface area contributed by atoms with Gasteiger partial charge < -0.3 is 20.3 Å². The summed E-state index contributed by atoms with van der Waals surface area (Å²) in [7, 11) is 5.74. The lowest BCUT2D eigenvalue weighted by Gasteiger charge is -2.43.